The molecule has 0 bridgehead atoms. The first-order valence-electron chi connectivity index (χ1n) is 8.16. The molecule has 2 aromatic carbocycles. The van der Waals surface area contributed by atoms with E-state index in [2.05, 4.69) is 6.07 Å². The highest BCUT2D eigenvalue weighted by Gasteiger charge is 2.03. The quantitative estimate of drug-likeness (QED) is 0.319. The van der Waals surface area contributed by atoms with Crippen molar-refractivity contribution >= 4 is 36.1 Å². The molecule has 5 nitrogen and oxygen atoms in total. The van der Waals surface area contributed by atoms with E-state index in [0.717, 1.165) is 27.9 Å². The van der Waals surface area contributed by atoms with Gasteiger partial charge in [0.2, 0.25) is 0 Å². The standard InChI is InChI=1S/C20H17BN2O3/c21-18-7-5-16-12-14(3-4-17(16)13-18)9-11-23-10-1-2-15(20(23)25)6-8-19(24)22-26/h1-8,10,12-13,26H,9,11H2,(H,22,24)/b8-6+. The average Bonchev–Trinajstić information content (AvgIpc) is 2.65. The third-order valence-corrected chi connectivity index (χ3v) is 4.14. The van der Waals surface area contributed by atoms with Crippen LogP contribution in [0.15, 0.2) is 65.6 Å². The van der Waals surface area contributed by atoms with Crippen molar-refractivity contribution in [3.05, 3.63) is 82.3 Å². The number of rotatable bonds is 5. The molecule has 0 atom stereocenters. The van der Waals surface area contributed by atoms with Crippen molar-refractivity contribution < 1.29 is 10.0 Å². The van der Waals surface area contributed by atoms with Crippen LogP contribution in [0.3, 0.4) is 0 Å². The van der Waals surface area contributed by atoms with Crippen LogP contribution in [0.4, 0.5) is 0 Å². The van der Waals surface area contributed by atoms with Crippen molar-refractivity contribution in [3.8, 4) is 0 Å². The van der Waals surface area contributed by atoms with E-state index in [4.69, 9.17) is 13.1 Å². The molecular formula is C20H17BN2O3. The number of aromatic nitrogens is 1. The Morgan fingerprint density at radius 2 is 1.92 bits per heavy atom. The maximum atomic E-state index is 12.4. The molecule has 2 radical (unpaired) electrons. The maximum Gasteiger partial charge on any atom is 0.267 e. The fourth-order valence-electron chi connectivity index (χ4n) is 2.78. The van der Waals surface area contributed by atoms with E-state index in [1.54, 1.807) is 22.9 Å². The van der Waals surface area contributed by atoms with Crippen LogP contribution in [-0.4, -0.2) is 23.5 Å². The van der Waals surface area contributed by atoms with Gasteiger partial charge in [-0.25, -0.2) is 5.48 Å². The van der Waals surface area contributed by atoms with Gasteiger partial charge >= 0.3 is 0 Å². The number of amides is 1. The number of benzene rings is 2. The number of hydroxylamine groups is 1. The van der Waals surface area contributed by atoms with Gasteiger partial charge in [-0.15, -0.1) is 0 Å². The Kier molecular flexibility index (Phi) is 5.34. The van der Waals surface area contributed by atoms with E-state index in [1.165, 1.54) is 11.6 Å². The number of nitrogens with one attached hydrogen (secondary N) is 1. The first-order chi connectivity index (χ1) is 12.6. The summed E-state index contributed by atoms with van der Waals surface area (Å²) in [6, 6.07) is 15.3. The molecule has 0 saturated heterocycles. The number of hydrogen-bond acceptors (Lipinski definition) is 3. The van der Waals surface area contributed by atoms with Gasteiger partial charge in [0.05, 0.1) is 0 Å². The van der Waals surface area contributed by atoms with Crippen LogP contribution < -0.4 is 16.5 Å². The summed E-state index contributed by atoms with van der Waals surface area (Å²) in [6.45, 7) is 0.521. The molecule has 1 heterocycles. The minimum Gasteiger partial charge on any atom is -0.315 e. The molecule has 0 saturated carbocycles. The molecule has 0 aliphatic carbocycles. The minimum atomic E-state index is -0.684. The summed E-state index contributed by atoms with van der Waals surface area (Å²) in [7, 11) is 5.80. The summed E-state index contributed by atoms with van der Waals surface area (Å²) in [5.74, 6) is -0.684. The predicted octanol–water partition coefficient (Wildman–Crippen LogP) is 1.56. The third kappa shape index (κ3) is 4.10. The fraction of sp³-hybridized carbons (Fsp3) is 0.100. The normalized spacial score (nSPS) is 11.1. The first-order valence-corrected chi connectivity index (χ1v) is 8.16. The number of aryl methyl sites for hydroxylation is 2. The second-order valence-corrected chi connectivity index (χ2v) is 5.96. The molecular weight excluding hydrogens is 327 g/mol. The Morgan fingerprint density at radius 1 is 1.15 bits per heavy atom. The zero-order valence-electron chi connectivity index (χ0n) is 14.1. The molecule has 26 heavy (non-hydrogen) atoms. The predicted molar refractivity (Wildman–Crippen MR) is 103 cm³/mol. The van der Waals surface area contributed by atoms with Gasteiger partial charge in [-0.2, -0.15) is 0 Å². The number of carbonyl (C=O) groups is 1. The molecule has 3 rings (SSSR count). The van der Waals surface area contributed by atoms with Gasteiger partial charge in [0.1, 0.15) is 7.85 Å². The van der Waals surface area contributed by atoms with Crippen LogP contribution in [0.25, 0.3) is 16.8 Å². The van der Waals surface area contributed by atoms with Gasteiger partial charge in [0, 0.05) is 24.4 Å². The van der Waals surface area contributed by atoms with Crippen molar-refractivity contribution in [1.82, 2.24) is 10.0 Å². The number of carbonyl (C=O) groups excluding carboxylic acids is 1. The van der Waals surface area contributed by atoms with E-state index in [9.17, 15) is 9.59 Å². The molecule has 0 unspecified atom stereocenters. The lowest BCUT2D eigenvalue weighted by Gasteiger charge is -2.08. The molecule has 1 aromatic heterocycles. The second kappa shape index (κ2) is 7.84. The molecule has 0 aliphatic rings. The topological polar surface area (TPSA) is 71.3 Å². The Bertz CT molecular complexity index is 1040. The highest BCUT2D eigenvalue weighted by molar-refractivity contribution is 6.33. The molecule has 6 heteroatoms. The van der Waals surface area contributed by atoms with Gasteiger partial charge < -0.3 is 4.57 Å². The van der Waals surface area contributed by atoms with Crippen LogP contribution in [0.5, 0.6) is 0 Å². The van der Waals surface area contributed by atoms with Gasteiger partial charge in [-0.05, 0) is 41.0 Å². The van der Waals surface area contributed by atoms with E-state index >= 15 is 0 Å². The van der Waals surface area contributed by atoms with E-state index in [1.807, 2.05) is 30.3 Å². The van der Waals surface area contributed by atoms with E-state index in [0.29, 0.717) is 18.5 Å². The molecule has 0 aliphatic heterocycles. The number of fused-ring (bicyclic) bond motifs is 1. The van der Waals surface area contributed by atoms with Crippen molar-refractivity contribution in [1.29, 1.82) is 0 Å². The lowest BCUT2D eigenvalue weighted by atomic mass is 9.93. The van der Waals surface area contributed by atoms with Crippen molar-refractivity contribution in [2.45, 2.75) is 13.0 Å². The van der Waals surface area contributed by atoms with E-state index in [-0.39, 0.29) is 5.56 Å². The second-order valence-electron chi connectivity index (χ2n) is 5.96. The van der Waals surface area contributed by atoms with Crippen LogP contribution >= 0.6 is 0 Å². The van der Waals surface area contributed by atoms with Gasteiger partial charge in [0.25, 0.3) is 11.5 Å². The largest absolute Gasteiger partial charge is 0.315 e. The van der Waals surface area contributed by atoms with Gasteiger partial charge in [-0.3, -0.25) is 14.8 Å². The SMILES string of the molecule is [B]c1ccc2cc(CCn3cccc(/C=C/C(=O)NO)c3=O)ccc2c1. The zero-order valence-corrected chi connectivity index (χ0v) is 14.1. The highest BCUT2D eigenvalue weighted by Crippen LogP contribution is 2.15. The highest BCUT2D eigenvalue weighted by atomic mass is 16.5. The Hall–Kier alpha value is -3.12. The van der Waals surface area contributed by atoms with Crippen molar-refractivity contribution in [2.75, 3.05) is 0 Å². The lowest BCUT2D eigenvalue weighted by Crippen LogP contribution is -2.22. The van der Waals surface area contributed by atoms with Gasteiger partial charge in [0.15, 0.2) is 0 Å². The first kappa shape index (κ1) is 17.7. The smallest absolute Gasteiger partial charge is 0.267 e. The molecule has 0 fully saturated rings. The van der Waals surface area contributed by atoms with Crippen LogP contribution in [-0.2, 0) is 17.8 Å². The summed E-state index contributed by atoms with van der Waals surface area (Å²) in [4.78, 5) is 23.5. The maximum absolute atomic E-state index is 12.4. The molecule has 2 N–H and O–H groups in total. The third-order valence-electron chi connectivity index (χ3n) is 4.14. The Labute approximate surface area is 152 Å². The zero-order chi connectivity index (χ0) is 18.5. The summed E-state index contributed by atoms with van der Waals surface area (Å²) in [5, 5.41) is 10.7. The summed E-state index contributed by atoms with van der Waals surface area (Å²) >= 11 is 0. The summed E-state index contributed by atoms with van der Waals surface area (Å²) in [5.41, 5.74) is 3.53. The summed E-state index contributed by atoms with van der Waals surface area (Å²) in [6.07, 6.45) is 4.90. The number of pyridine rings is 1. The van der Waals surface area contributed by atoms with Crippen LogP contribution in [0.1, 0.15) is 11.1 Å². The van der Waals surface area contributed by atoms with Crippen molar-refractivity contribution in [2.24, 2.45) is 0 Å². The Morgan fingerprint density at radius 3 is 2.73 bits per heavy atom. The Balaban J connectivity index is 1.77. The van der Waals surface area contributed by atoms with E-state index < -0.39 is 5.91 Å². The van der Waals surface area contributed by atoms with Gasteiger partial charge in [-0.1, -0.05) is 41.9 Å². The minimum absolute atomic E-state index is 0.192. The molecule has 128 valence electrons. The monoisotopic (exact) mass is 344 g/mol. The molecule has 1 amide bonds. The molecule has 3 aromatic rings. The fourth-order valence-corrected chi connectivity index (χ4v) is 2.78. The van der Waals surface area contributed by atoms with Crippen LogP contribution in [0.2, 0.25) is 0 Å². The molecule has 0 spiro atoms. The number of nitrogens with zero attached hydrogens (tertiary/aromatic N) is 1. The summed E-state index contributed by atoms with van der Waals surface area (Å²) < 4.78 is 1.60. The lowest BCUT2D eigenvalue weighted by molar-refractivity contribution is -0.124. The van der Waals surface area contributed by atoms with Crippen molar-refractivity contribution in [3.63, 3.8) is 0 Å². The van der Waals surface area contributed by atoms with Crippen LogP contribution in [0, 0.1) is 0 Å². The average molecular weight is 344 g/mol. The number of hydrogen-bond donors (Lipinski definition) is 2.